The van der Waals surface area contributed by atoms with Gasteiger partial charge >= 0.3 is 0 Å². The molecule has 4 fully saturated rings. The number of pyridine rings is 2. The standard InChI is InChI=1S/C31H39N2P2.C5H5.Fe/c1-29(2,3)35-28(30-16-21-13-22(17-30)15-23(14-21)18-30)26-9-4-10-27(26)31(34,24-7-5-11-32-19-24)25-8-6-12-33-20-25;1-2-4-5-3-1;/h4-12,19-23,28,35H,13-18,34H2,1-3H3;1-5H;/q-1;-5;. The van der Waals surface area contributed by atoms with Crippen molar-refractivity contribution < 1.29 is 17.1 Å². The molecule has 41 heavy (non-hydrogen) atoms. The van der Waals surface area contributed by atoms with Gasteiger partial charge in [-0.1, -0.05) is 32.9 Å². The molecule has 0 amide bonds. The van der Waals surface area contributed by atoms with Crippen molar-refractivity contribution in [3.8, 4) is 0 Å². The van der Waals surface area contributed by atoms with Gasteiger partial charge in [-0.3, -0.25) is 9.97 Å². The normalized spacial score (nSPS) is 25.9. The van der Waals surface area contributed by atoms with Crippen LogP contribution in [0.15, 0.2) is 97.6 Å². The molecule has 0 spiro atoms. The van der Waals surface area contributed by atoms with Gasteiger partial charge in [0.2, 0.25) is 0 Å². The zero-order valence-electron chi connectivity index (χ0n) is 24.6. The Labute approximate surface area is 262 Å². The summed E-state index contributed by atoms with van der Waals surface area (Å²) in [7, 11) is 4.17. The first-order valence-electron chi connectivity index (χ1n) is 15.1. The number of rotatable bonds is 6. The molecule has 4 aromatic rings. The van der Waals surface area contributed by atoms with Crippen molar-refractivity contribution in [2.45, 2.75) is 75.3 Å². The molecule has 2 aromatic carbocycles. The van der Waals surface area contributed by atoms with E-state index in [1.165, 1.54) is 55.2 Å². The van der Waals surface area contributed by atoms with E-state index in [4.69, 9.17) is 0 Å². The van der Waals surface area contributed by atoms with Gasteiger partial charge in [0.1, 0.15) is 0 Å². The zero-order valence-corrected chi connectivity index (χ0v) is 27.9. The Morgan fingerprint density at radius 2 is 1.32 bits per heavy atom. The minimum absolute atomic E-state index is 0. The molecular weight excluding hydrogens is 578 g/mol. The van der Waals surface area contributed by atoms with Crippen LogP contribution in [0.1, 0.15) is 87.2 Å². The maximum absolute atomic E-state index is 4.54. The van der Waals surface area contributed by atoms with Gasteiger partial charge in [-0.2, -0.15) is 6.07 Å². The summed E-state index contributed by atoms with van der Waals surface area (Å²) in [6, 6.07) is 25.8. The summed E-state index contributed by atoms with van der Waals surface area (Å²) < 4.78 is 0. The molecule has 3 unspecified atom stereocenters. The summed E-state index contributed by atoms with van der Waals surface area (Å²) in [6.07, 6.45) is 16.7. The van der Waals surface area contributed by atoms with Crippen molar-refractivity contribution in [3.05, 3.63) is 120 Å². The van der Waals surface area contributed by atoms with Crippen molar-refractivity contribution in [1.82, 2.24) is 9.97 Å². The fraction of sp³-hybridized carbons (Fsp3) is 0.444. The van der Waals surface area contributed by atoms with Crippen LogP contribution in [0.3, 0.4) is 0 Å². The van der Waals surface area contributed by atoms with E-state index in [0.29, 0.717) is 16.2 Å². The van der Waals surface area contributed by atoms with Gasteiger partial charge < -0.3 is 30.3 Å². The Kier molecular flexibility index (Phi) is 9.43. The Hall–Kier alpha value is -1.62. The van der Waals surface area contributed by atoms with Gasteiger partial charge in [-0.05, 0) is 95.8 Å². The quantitative estimate of drug-likeness (QED) is 0.122. The summed E-state index contributed by atoms with van der Waals surface area (Å²) >= 11 is 0. The average molecular weight is 623 g/mol. The maximum atomic E-state index is 4.54. The van der Waals surface area contributed by atoms with Crippen LogP contribution in [0.5, 0.6) is 0 Å². The minimum Gasteiger partial charge on any atom is -0.748 e. The zero-order chi connectivity index (χ0) is 27.8. The van der Waals surface area contributed by atoms with E-state index in [9.17, 15) is 0 Å². The fourth-order valence-electron chi connectivity index (χ4n) is 8.56. The summed E-state index contributed by atoms with van der Waals surface area (Å²) in [5, 5.41) is -0.0427. The average Bonchev–Trinajstić information content (AvgIpc) is 3.67. The van der Waals surface area contributed by atoms with Crippen LogP contribution in [-0.4, -0.2) is 15.1 Å². The Bertz CT molecular complexity index is 1270. The first-order valence-corrected chi connectivity index (χ1v) is 16.7. The molecule has 8 rings (SSSR count). The molecule has 3 atom stereocenters. The largest absolute Gasteiger partial charge is 0.748 e. The second kappa shape index (κ2) is 12.5. The summed E-state index contributed by atoms with van der Waals surface area (Å²) in [5.74, 6) is 2.89. The molecule has 0 radical (unpaired) electrons. The third-order valence-electron chi connectivity index (χ3n) is 9.65. The number of nitrogens with zero attached hydrogens (tertiary/aromatic N) is 2. The van der Waals surface area contributed by atoms with Crippen molar-refractivity contribution in [3.63, 3.8) is 0 Å². The van der Waals surface area contributed by atoms with E-state index in [0.717, 1.165) is 26.3 Å². The molecule has 5 heteroatoms. The van der Waals surface area contributed by atoms with Crippen LogP contribution in [0.2, 0.25) is 0 Å². The van der Waals surface area contributed by atoms with E-state index < -0.39 is 0 Å². The number of hydrogen-bond acceptors (Lipinski definition) is 2. The molecular formula is C36H44FeN2P2-6. The van der Waals surface area contributed by atoms with Gasteiger partial charge in [-0.25, -0.2) is 12.1 Å². The molecule has 222 valence electrons. The smallest absolute Gasteiger partial charge is 0.0397 e. The number of hydrogen-bond donors (Lipinski definition) is 0. The minimum atomic E-state index is -0.357. The second-order valence-electron chi connectivity index (χ2n) is 13.8. The van der Waals surface area contributed by atoms with Crippen LogP contribution in [0, 0.1) is 23.2 Å². The second-order valence-corrected chi connectivity index (χ2v) is 17.0. The van der Waals surface area contributed by atoms with E-state index >= 15 is 0 Å². The fourth-order valence-corrected chi connectivity index (χ4v) is 11.1. The Morgan fingerprint density at radius 1 is 0.829 bits per heavy atom. The molecule has 2 heterocycles. The van der Waals surface area contributed by atoms with Crippen molar-refractivity contribution in [2.24, 2.45) is 23.2 Å². The van der Waals surface area contributed by atoms with Gasteiger partial charge in [0.25, 0.3) is 0 Å². The van der Waals surface area contributed by atoms with Gasteiger partial charge in [0.15, 0.2) is 0 Å². The van der Waals surface area contributed by atoms with E-state index in [1.807, 2.05) is 55.1 Å². The van der Waals surface area contributed by atoms with E-state index in [2.05, 4.69) is 82.4 Å². The summed E-state index contributed by atoms with van der Waals surface area (Å²) in [4.78, 5) is 9.09. The molecule has 4 bridgehead atoms. The molecule has 2 nitrogen and oxygen atoms in total. The molecule has 0 N–H and O–H groups in total. The van der Waals surface area contributed by atoms with Crippen LogP contribution < -0.4 is 0 Å². The van der Waals surface area contributed by atoms with Gasteiger partial charge in [0, 0.05) is 47.0 Å². The van der Waals surface area contributed by atoms with Crippen LogP contribution in [0.25, 0.3) is 0 Å². The SMILES string of the molecule is CC(C)(C)PC([c-]1cccc1C(P)(c1cccnc1)c1cccnc1)C12CC3CC(CC(C3)C1)C2.[Fe].[cH-]1[cH-][cH-][cH-][cH-]1. The molecule has 4 saturated carbocycles. The van der Waals surface area contributed by atoms with Crippen LogP contribution in [-0.2, 0) is 22.2 Å². The molecule has 0 saturated heterocycles. The van der Waals surface area contributed by atoms with Crippen LogP contribution >= 0.6 is 17.8 Å². The monoisotopic (exact) mass is 622 g/mol. The van der Waals surface area contributed by atoms with Gasteiger partial charge in [-0.15, -0.1) is 28.9 Å². The predicted molar refractivity (Wildman–Crippen MR) is 174 cm³/mol. The molecule has 4 aliphatic rings. The third kappa shape index (κ3) is 6.36. The van der Waals surface area contributed by atoms with Crippen molar-refractivity contribution >= 4 is 17.8 Å². The third-order valence-corrected chi connectivity index (χ3v) is 12.7. The topological polar surface area (TPSA) is 25.8 Å². The number of aromatic nitrogens is 2. The van der Waals surface area contributed by atoms with E-state index in [1.54, 1.807) is 5.56 Å². The predicted octanol–water partition coefficient (Wildman–Crippen LogP) is 9.50. The van der Waals surface area contributed by atoms with Crippen molar-refractivity contribution in [1.29, 1.82) is 0 Å². The Morgan fingerprint density at radius 3 is 1.73 bits per heavy atom. The first-order chi connectivity index (χ1) is 19.3. The molecule has 0 aliphatic heterocycles. The molecule has 2 aromatic heterocycles. The summed E-state index contributed by atoms with van der Waals surface area (Å²) in [5.41, 5.74) is 6.54. The van der Waals surface area contributed by atoms with Gasteiger partial charge in [0.05, 0.1) is 0 Å². The summed E-state index contributed by atoms with van der Waals surface area (Å²) in [6.45, 7) is 7.37. The first kappa shape index (κ1) is 30.8. The maximum Gasteiger partial charge on any atom is 0.0397 e. The Balaban J connectivity index is 0.000000510. The van der Waals surface area contributed by atoms with Crippen LogP contribution in [0.4, 0.5) is 0 Å². The van der Waals surface area contributed by atoms with Crippen molar-refractivity contribution in [2.75, 3.05) is 0 Å². The molecule has 4 aliphatic carbocycles. The van der Waals surface area contributed by atoms with E-state index in [-0.39, 0.29) is 22.2 Å².